The summed E-state index contributed by atoms with van der Waals surface area (Å²) in [7, 11) is 0. The molecular weight excluding hydrogens is 256 g/mol. The Bertz CT molecular complexity index is 347. The maximum Gasteiger partial charge on any atom is 0.115 e. The highest BCUT2D eigenvalue weighted by molar-refractivity contribution is 7.99. The van der Waals surface area contributed by atoms with E-state index in [1.807, 2.05) is 19.1 Å². The maximum absolute atomic E-state index is 9.01. The van der Waals surface area contributed by atoms with Gasteiger partial charge < -0.3 is 10.8 Å². The first-order chi connectivity index (χ1) is 8.05. The molecule has 0 saturated heterocycles. The van der Waals surface area contributed by atoms with Crippen LogP contribution in [0.3, 0.4) is 0 Å². The molecule has 0 fully saturated rings. The first-order valence-corrected chi connectivity index (χ1v) is 7.04. The minimum atomic E-state index is -0.451. The summed E-state index contributed by atoms with van der Waals surface area (Å²) in [4.78, 5) is 4.21. The minimum absolute atomic E-state index is 0.0339. The Balaban J connectivity index is 2.19. The van der Waals surface area contributed by atoms with Gasteiger partial charge in [0.05, 0.1) is 11.6 Å². The number of nitrogens with zero attached hydrogens (tertiary/aromatic N) is 1. The van der Waals surface area contributed by atoms with E-state index < -0.39 is 5.54 Å². The van der Waals surface area contributed by atoms with Crippen LogP contribution in [0.2, 0.25) is 5.02 Å². The van der Waals surface area contributed by atoms with E-state index in [-0.39, 0.29) is 6.61 Å². The summed E-state index contributed by atoms with van der Waals surface area (Å²) in [6.07, 6.45) is 4.63. The second-order valence-electron chi connectivity index (χ2n) is 4.41. The van der Waals surface area contributed by atoms with Crippen LogP contribution in [0.15, 0.2) is 23.4 Å². The zero-order valence-corrected chi connectivity index (χ0v) is 11.6. The lowest BCUT2D eigenvalue weighted by molar-refractivity contribution is 0.198. The van der Waals surface area contributed by atoms with E-state index in [0.29, 0.717) is 5.02 Å². The number of unbranched alkanes of at least 4 members (excludes halogenated alkanes) is 1. The van der Waals surface area contributed by atoms with Crippen LogP contribution in [0.5, 0.6) is 0 Å². The summed E-state index contributed by atoms with van der Waals surface area (Å²) in [6.45, 7) is 1.90. The van der Waals surface area contributed by atoms with Gasteiger partial charge in [0, 0.05) is 11.7 Å². The smallest absolute Gasteiger partial charge is 0.115 e. The fourth-order valence-electron chi connectivity index (χ4n) is 1.36. The Hall–Kier alpha value is -0.290. The van der Waals surface area contributed by atoms with E-state index in [1.165, 1.54) is 0 Å². The van der Waals surface area contributed by atoms with Crippen LogP contribution >= 0.6 is 23.4 Å². The fraction of sp³-hybridized carbons (Fsp3) is 0.583. The van der Waals surface area contributed by atoms with Crippen molar-refractivity contribution in [2.75, 3.05) is 12.4 Å². The second kappa shape index (κ2) is 7.21. The van der Waals surface area contributed by atoms with Gasteiger partial charge in [0.1, 0.15) is 5.03 Å². The zero-order valence-electron chi connectivity index (χ0n) is 10.0. The molecule has 17 heavy (non-hydrogen) atoms. The van der Waals surface area contributed by atoms with Crippen molar-refractivity contribution >= 4 is 23.4 Å². The number of aliphatic hydroxyl groups excluding tert-OH is 1. The molecule has 3 N–H and O–H groups in total. The summed E-state index contributed by atoms with van der Waals surface area (Å²) in [6, 6.07) is 3.67. The van der Waals surface area contributed by atoms with Crippen LogP contribution in [-0.2, 0) is 0 Å². The van der Waals surface area contributed by atoms with Gasteiger partial charge >= 0.3 is 0 Å². The van der Waals surface area contributed by atoms with Crippen LogP contribution in [0.25, 0.3) is 0 Å². The molecule has 0 spiro atoms. The van der Waals surface area contributed by atoms with Crippen LogP contribution in [-0.4, -0.2) is 28.0 Å². The number of hydrogen-bond donors (Lipinski definition) is 2. The molecule has 0 saturated carbocycles. The van der Waals surface area contributed by atoms with Crippen LogP contribution in [0.1, 0.15) is 26.2 Å². The van der Waals surface area contributed by atoms with Crippen molar-refractivity contribution in [2.24, 2.45) is 5.73 Å². The van der Waals surface area contributed by atoms with E-state index in [4.69, 9.17) is 22.4 Å². The lowest BCUT2D eigenvalue weighted by Crippen LogP contribution is -2.39. The molecule has 0 aliphatic carbocycles. The van der Waals surface area contributed by atoms with Crippen molar-refractivity contribution < 1.29 is 5.11 Å². The summed E-state index contributed by atoms with van der Waals surface area (Å²) in [5.74, 6) is 0.970. The molecule has 0 aliphatic heterocycles. The predicted molar refractivity (Wildman–Crippen MR) is 73.5 cm³/mol. The molecule has 0 radical (unpaired) electrons. The van der Waals surface area contributed by atoms with E-state index in [9.17, 15) is 0 Å². The Kier molecular flexibility index (Phi) is 6.27. The molecule has 1 aromatic rings. The van der Waals surface area contributed by atoms with Gasteiger partial charge in [-0.05, 0) is 37.7 Å². The van der Waals surface area contributed by atoms with Gasteiger partial charge in [0.15, 0.2) is 0 Å². The third-order valence-electron chi connectivity index (χ3n) is 2.47. The molecule has 0 amide bonds. The van der Waals surface area contributed by atoms with Gasteiger partial charge in [0.25, 0.3) is 0 Å². The molecule has 5 heteroatoms. The molecule has 0 aliphatic rings. The zero-order chi connectivity index (χ0) is 12.7. The number of aromatic nitrogens is 1. The molecule has 3 nitrogen and oxygen atoms in total. The normalized spacial score (nSPS) is 14.6. The van der Waals surface area contributed by atoms with Crippen molar-refractivity contribution in [1.29, 1.82) is 0 Å². The standard InChI is InChI=1S/C12H19ClN2OS/c1-12(14,9-16)6-2-3-8-17-11-10(13)5-4-7-15-11/h4-5,7,16H,2-3,6,8-9,14H2,1H3. The Morgan fingerprint density at radius 3 is 2.94 bits per heavy atom. The molecule has 1 heterocycles. The van der Waals surface area contributed by atoms with Crippen molar-refractivity contribution in [2.45, 2.75) is 36.8 Å². The monoisotopic (exact) mass is 274 g/mol. The first kappa shape index (κ1) is 14.8. The lowest BCUT2D eigenvalue weighted by atomic mass is 9.98. The molecule has 0 aromatic carbocycles. The SMILES string of the molecule is CC(N)(CO)CCCCSc1ncccc1Cl. The van der Waals surface area contributed by atoms with Crippen LogP contribution in [0, 0.1) is 0 Å². The highest BCUT2D eigenvalue weighted by Crippen LogP contribution is 2.25. The molecule has 1 aromatic heterocycles. The van der Waals surface area contributed by atoms with Gasteiger partial charge in [-0.2, -0.15) is 0 Å². The molecule has 1 rings (SSSR count). The van der Waals surface area contributed by atoms with Crippen LogP contribution < -0.4 is 5.73 Å². The molecule has 1 atom stereocenters. The Morgan fingerprint density at radius 1 is 1.53 bits per heavy atom. The average molecular weight is 275 g/mol. The highest BCUT2D eigenvalue weighted by Gasteiger charge is 2.15. The van der Waals surface area contributed by atoms with Gasteiger partial charge in [0.2, 0.25) is 0 Å². The van der Waals surface area contributed by atoms with E-state index >= 15 is 0 Å². The van der Waals surface area contributed by atoms with Crippen molar-refractivity contribution in [3.8, 4) is 0 Å². The summed E-state index contributed by atoms with van der Waals surface area (Å²) >= 11 is 7.65. The van der Waals surface area contributed by atoms with Crippen molar-refractivity contribution in [3.63, 3.8) is 0 Å². The molecule has 0 bridgehead atoms. The quantitative estimate of drug-likeness (QED) is 0.593. The number of rotatable bonds is 7. The van der Waals surface area contributed by atoms with Gasteiger partial charge in [-0.15, -0.1) is 11.8 Å². The maximum atomic E-state index is 9.01. The second-order valence-corrected chi connectivity index (χ2v) is 5.90. The third-order valence-corrected chi connectivity index (χ3v) is 3.98. The number of thioether (sulfide) groups is 1. The predicted octanol–water partition coefficient (Wildman–Crippen LogP) is 2.71. The number of halogens is 1. The molecule has 96 valence electrons. The number of aliphatic hydroxyl groups is 1. The average Bonchev–Trinajstić information content (AvgIpc) is 2.31. The van der Waals surface area contributed by atoms with Crippen molar-refractivity contribution in [3.05, 3.63) is 23.4 Å². The Labute approximate surface area is 112 Å². The first-order valence-electron chi connectivity index (χ1n) is 5.68. The van der Waals surface area contributed by atoms with E-state index in [2.05, 4.69) is 4.98 Å². The summed E-state index contributed by atoms with van der Waals surface area (Å²) in [5, 5.41) is 10.6. The van der Waals surface area contributed by atoms with E-state index in [0.717, 1.165) is 30.0 Å². The number of pyridine rings is 1. The summed E-state index contributed by atoms with van der Waals surface area (Å²) in [5.41, 5.74) is 5.39. The summed E-state index contributed by atoms with van der Waals surface area (Å²) < 4.78 is 0. The number of nitrogens with two attached hydrogens (primary N) is 1. The fourth-order valence-corrected chi connectivity index (χ4v) is 2.52. The minimum Gasteiger partial charge on any atom is -0.394 e. The third kappa shape index (κ3) is 5.73. The molecular formula is C12H19ClN2OS. The van der Waals surface area contributed by atoms with Crippen LogP contribution in [0.4, 0.5) is 0 Å². The topological polar surface area (TPSA) is 59.1 Å². The number of hydrogen-bond acceptors (Lipinski definition) is 4. The van der Waals surface area contributed by atoms with E-state index in [1.54, 1.807) is 18.0 Å². The molecule has 1 unspecified atom stereocenters. The van der Waals surface area contributed by atoms with Crippen molar-refractivity contribution in [1.82, 2.24) is 4.98 Å². The van der Waals surface area contributed by atoms with Gasteiger partial charge in [-0.1, -0.05) is 18.0 Å². The lowest BCUT2D eigenvalue weighted by Gasteiger charge is -2.21. The highest BCUT2D eigenvalue weighted by atomic mass is 35.5. The van der Waals surface area contributed by atoms with Gasteiger partial charge in [-0.25, -0.2) is 4.98 Å². The van der Waals surface area contributed by atoms with Gasteiger partial charge in [-0.3, -0.25) is 0 Å². The Morgan fingerprint density at radius 2 is 2.29 bits per heavy atom. The largest absolute Gasteiger partial charge is 0.394 e.